The first-order chi connectivity index (χ1) is 9.30. The average Bonchev–Trinajstić information content (AvgIpc) is 2.84. The molecule has 8 heteroatoms. The summed E-state index contributed by atoms with van der Waals surface area (Å²) in [5.41, 5.74) is -0.190. The highest BCUT2D eigenvalue weighted by molar-refractivity contribution is 7.89. The molecule has 0 spiro atoms. The predicted molar refractivity (Wildman–Crippen MR) is 74.8 cm³/mol. The molecule has 0 aromatic carbocycles. The summed E-state index contributed by atoms with van der Waals surface area (Å²) in [5, 5.41) is 12.7. The van der Waals surface area contributed by atoms with E-state index in [-0.39, 0.29) is 23.5 Å². The van der Waals surface area contributed by atoms with Crippen LogP contribution in [0.2, 0.25) is 0 Å². The number of aromatic nitrogens is 2. The molecule has 1 rings (SSSR count). The lowest BCUT2D eigenvalue weighted by Crippen LogP contribution is -2.34. The first kappa shape index (κ1) is 17.1. The lowest BCUT2D eigenvalue weighted by Gasteiger charge is -2.24. The van der Waals surface area contributed by atoms with Crippen molar-refractivity contribution in [3.05, 3.63) is 12.4 Å². The number of sulfonamides is 1. The number of aliphatic hydroxyl groups excluding tert-OH is 1. The van der Waals surface area contributed by atoms with Gasteiger partial charge in [0.05, 0.1) is 19.3 Å². The molecule has 0 radical (unpaired) electrons. The SMILES string of the molecule is COCCC(C)(C)CNS(=O)(=O)c1cnn(CCO)c1. The number of aliphatic hydroxyl groups is 1. The minimum Gasteiger partial charge on any atom is -0.394 e. The van der Waals surface area contributed by atoms with Crippen LogP contribution in [0.1, 0.15) is 20.3 Å². The van der Waals surface area contributed by atoms with Gasteiger partial charge in [-0.25, -0.2) is 13.1 Å². The van der Waals surface area contributed by atoms with Crippen LogP contribution in [0.4, 0.5) is 0 Å². The lowest BCUT2D eigenvalue weighted by molar-refractivity contribution is 0.153. The molecule has 0 amide bonds. The zero-order valence-electron chi connectivity index (χ0n) is 12.2. The molecule has 0 saturated carbocycles. The zero-order chi connectivity index (χ0) is 15.2. The van der Waals surface area contributed by atoms with Crippen LogP contribution in [-0.4, -0.2) is 50.2 Å². The third-order valence-corrected chi connectivity index (χ3v) is 4.33. The van der Waals surface area contributed by atoms with Gasteiger partial charge in [0, 0.05) is 26.5 Å². The Morgan fingerprint density at radius 3 is 2.80 bits per heavy atom. The van der Waals surface area contributed by atoms with E-state index in [0.29, 0.717) is 13.2 Å². The molecule has 0 saturated heterocycles. The van der Waals surface area contributed by atoms with Gasteiger partial charge in [0.15, 0.2) is 0 Å². The van der Waals surface area contributed by atoms with Gasteiger partial charge < -0.3 is 9.84 Å². The number of nitrogens with zero attached hydrogens (tertiary/aromatic N) is 2. The van der Waals surface area contributed by atoms with Crippen LogP contribution in [0.15, 0.2) is 17.3 Å². The zero-order valence-corrected chi connectivity index (χ0v) is 13.0. The molecule has 2 N–H and O–H groups in total. The van der Waals surface area contributed by atoms with Crippen molar-refractivity contribution < 1.29 is 18.3 Å². The summed E-state index contributed by atoms with van der Waals surface area (Å²) in [7, 11) is -1.95. The van der Waals surface area contributed by atoms with E-state index >= 15 is 0 Å². The van der Waals surface area contributed by atoms with Crippen LogP contribution in [0.5, 0.6) is 0 Å². The third kappa shape index (κ3) is 5.20. The quantitative estimate of drug-likeness (QED) is 0.680. The summed E-state index contributed by atoms with van der Waals surface area (Å²) in [5.74, 6) is 0. The standard InChI is InChI=1S/C12H23N3O4S/c1-12(2,4-7-19-3)10-14-20(17,18)11-8-13-15(9-11)5-6-16/h8-9,14,16H,4-7,10H2,1-3H3. The van der Waals surface area contributed by atoms with Crippen LogP contribution < -0.4 is 4.72 Å². The van der Waals surface area contributed by atoms with Gasteiger partial charge in [-0.05, 0) is 11.8 Å². The Morgan fingerprint density at radius 2 is 2.20 bits per heavy atom. The highest BCUT2D eigenvalue weighted by Gasteiger charge is 2.23. The molecule has 0 unspecified atom stereocenters. The minimum atomic E-state index is -3.57. The first-order valence-corrected chi connectivity index (χ1v) is 7.91. The van der Waals surface area contributed by atoms with Gasteiger partial charge in [0.2, 0.25) is 10.0 Å². The monoisotopic (exact) mass is 305 g/mol. The maximum Gasteiger partial charge on any atom is 0.243 e. The van der Waals surface area contributed by atoms with Crippen LogP contribution in [-0.2, 0) is 21.3 Å². The van der Waals surface area contributed by atoms with Crippen LogP contribution in [0, 0.1) is 5.41 Å². The van der Waals surface area contributed by atoms with Crippen molar-refractivity contribution >= 4 is 10.0 Å². The molecule has 0 aliphatic carbocycles. The molecule has 116 valence electrons. The summed E-state index contributed by atoms with van der Waals surface area (Å²) in [4.78, 5) is 0.105. The highest BCUT2D eigenvalue weighted by Crippen LogP contribution is 2.20. The van der Waals surface area contributed by atoms with E-state index in [4.69, 9.17) is 9.84 Å². The largest absolute Gasteiger partial charge is 0.394 e. The number of hydrogen-bond acceptors (Lipinski definition) is 5. The van der Waals surface area contributed by atoms with Gasteiger partial charge in [-0.3, -0.25) is 4.68 Å². The summed E-state index contributed by atoms with van der Waals surface area (Å²) in [6.45, 7) is 5.05. The predicted octanol–water partition coefficient (Wildman–Crippen LogP) is 0.216. The van der Waals surface area contributed by atoms with E-state index in [9.17, 15) is 8.42 Å². The summed E-state index contributed by atoms with van der Waals surface area (Å²) in [6.07, 6.45) is 3.44. The minimum absolute atomic E-state index is 0.0847. The fraction of sp³-hybridized carbons (Fsp3) is 0.750. The maximum atomic E-state index is 12.1. The Labute approximate surface area is 120 Å². The maximum absolute atomic E-state index is 12.1. The second-order valence-electron chi connectivity index (χ2n) is 5.39. The van der Waals surface area contributed by atoms with E-state index in [0.717, 1.165) is 6.42 Å². The molecule has 0 aliphatic heterocycles. The Morgan fingerprint density at radius 1 is 1.50 bits per heavy atom. The fourth-order valence-corrected chi connectivity index (χ4v) is 2.74. The van der Waals surface area contributed by atoms with Gasteiger partial charge in [0.1, 0.15) is 4.90 Å². The van der Waals surface area contributed by atoms with E-state index in [2.05, 4.69) is 9.82 Å². The van der Waals surface area contributed by atoms with Crippen molar-refractivity contribution in [2.75, 3.05) is 26.9 Å². The van der Waals surface area contributed by atoms with Crippen molar-refractivity contribution in [1.29, 1.82) is 0 Å². The molecule has 0 fully saturated rings. The van der Waals surface area contributed by atoms with Crippen molar-refractivity contribution in [2.24, 2.45) is 5.41 Å². The molecule has 7 nitrogen and oxygen atoms in total. The smallest absolute Gasteiger partial charge is 0.243 e. The molecular weight excluding hydrogens is 282 g/mol. The summed E-state index contributed by atoms with van der Waals surface area (Å²) >= 11 is 0. The van der Waals surface area contributed by atoms with Crippen molar-refractivity contribution in [3.8, 4) is 0 Å². The Bertz CT molecular complexity index is 511. The van der Waals surface area contributed by atoms with Gasteiger partial charge in [-0.2, -0.15) is 5.10 Å². The van der Waals surface area contributed by atoms with Crippen LogP contribution in [0.3, 0.4) is 0 Å². The number of methoxy groups -OCH3 is 1. The Hall–Kier alpha value is -0.960. The second kappa shape index (κ2) is 7.16. The van der Waals surface area contributed by atoms with E-state index in [1.54, 1.807) is 7.11 Å². The normalized spacial score (nSPS) is 12.8. The van der Waals surface area contributed by atoms with Gasteiger partial charge in [-0.15, -0.1) is 0 Å². The average molecular weight is 305 g/mol. The number of hydrogen-bond donors (Lipinski definition) is 2. The topological polar surface area (TPSA) is 93.5 Å². The van der Waals surface area contributed by atoms with E-state index in [1.807, 2.05) is 13.8 Å². The fourth-order valence-electron chi connectivity index (χ4n) is 1.55. The molecular formula is C12H23N3O4S. The van der Waals surface area contributed by atoms with Gasteiger partial charge in [-0.1, -0.05) is 13.8 Å². The lowest BCUT2D eigenvalue weighted by atomic mass is 9.90. The highest BCUT2D eigenvalue weighted by atomic mass is 32.2. The van der Waals surface area contributed by atoms with Gasteiger partial charge >= 0.3 is 0 Å². The number of rotatable bonds is 9. The molecule has 1 aromatic rings. The number of nitrogens with one attached hydrogen (secondary N) is 1. The second-order valence-corrected chi connectivity index (χ2v) is 7.16. The molecule has 1 aromatic heterocycles. The van der Waals surface area contributed by atoms with E-state index in [1.165, 1.54) is 17.1 Å². The van der Waals surface area contributed by atoms with Crippen LogP contribution in [0.25, 0.3) is 0 Å². The summed E-state index contributed by atoms with van der Waals surface area (Å²) < 4.78 is 33.2. The van der Waals surface area contributed by atoms with Crippen molar-refractivity contribution in [3.63, 3.8) is 0 Å². The van der Waals surface area contributed by atoms with Gasteiger partial charge in [0.25, 0.3) is 0 Å². The first-order valence-electron chi connectivity index (χ1n) is 6.43. The molecule has 20 heavy (non-hydrogen) atoms. The Kier molecular flexibility index (Phi) is 6.12. The molecule has 1 heterocycles. The Balaban J connectivity index is 2.64. The number of ether oxygens (including phenoxy) is 1. The molecule has 0 aliphatic rings. The summed E-state index contributed by atoms with van der Waals surface area (Å²) in [6, 6.07) is 0. The van der Waals surface area contributed by atoms with Crippen molar-refractivity contribution in [2.45, 2.75) is 31.7 Å². The molecule has 0 atom stereocenters. The van der Waals surface area contributed by atoms with E-state index < -0.39 is 10.0 Å². The third-order valence-electron chi connectivity index (χ3n) is 2.97. The van der Waals surface area contributed by atoms with Crippen molar-refractivity contribution in [1.82, 2.24) is 14.5 Å². The molecule has 0 bridgehead atoms. The van der Waals surface area contributed by atoms with Crippen LogP contribution >= 0.6 is 0 Å².